The summed E-state index contributed by atoms with van der Waals surface area (Å²) in [6.07, 6.45) is 1.47. The van der Waals surface area contributed by atoms with E-state index in [1.165, 1.54) is 12.1 Å². The fourth-order valence-corrected chi connectivity index (χ4v) is 1.91. The summed E-state index contributed by atoms with van der Waals surface area (Å²) >= 11 is 5.89. The van der Waals surface area contributed by atoms with Gasteiger partial charge in [-0.15, -0.1) is 12.4 Å². The van der Waals surface area contributed by atoms with Gasteiger partial charge in [-0.05, 0) is 18.9 Å². The zero-order valence-corrected chi connectivity index (χ0v) is 13.5. The summed E-state index contributed by atoms with van der Waals surface area (Å²) in [6, 6.07) is 3.74. The number of benzene rings is 1. The largest absolute Gasteiger partial charge is 0.350 e. The molecule has 3 N–H and O–H groups in total. The highest BCUT2D eigenvalue weighted by atomic mass is 35.5. The van der Waals surface area contributed by atoms with E-state index < -0.39 is 10.5 Å². The van der Waals surface area contributed by atoms with Crippen LogP contribution < -0.4 is 11.1 Å². The lowest BCUT2D eigenvalue weighted by molar-refractivity contribution is -0.384. The highest BCUT2D eigenvalue weighted by molar-refractivity contribution is 6.34. The number of carbonyl (C=O) groups excluding carboxylic acids is 1. The molecule has 0 unspecified atom stereocenters. The Morgan fingerprint density at radius 2 is 2.00 bits per heavy atom. The van der Waals surface area contributed by atoms with Crippen LogP contribution in [0.1, 0.15) is 37.0 Å². The maximum absolute atomic E-state index is 12.0. The number of halogens is 2. The molecular formula is C13H19Cl2N3O3. The van der Waals surface area contributed by atoms with E-state index in [9.17, 15) is 14.9 Å². The number of hydrogen-bond donors (Lipinski definition) is 2. The van der Waals surface area contributed by atoms with Crippen molar-refractivity contribution in [1.29, 1.82) is 0 Å². The lowest BCUT2D eigenvalue weighted by atomic mass is 9.94. The molecule has 1 rings (SSSR count). The van der Waals surface area contributed by atoms with Crippen LogP contribution in [0, 0.1) is 10.1 Å². The Morgan fingerprint density at radius 1 is 1.43 bits per heavy atom. The number of carbonyl (C=O) groups is 1. The first-order chi connectivity index (χ1) is 9.33. The molecule has 0 heterocycles. The number of nitro groups is 1. The number of nitrogens with two attached hydrogens (primary N) is 1. The van der Waals surface area contributed by atoms with E-state index in [1.807, 2.05) is 13.8 Å². The number of hydrogen-bond acceptors (Lipinski definition) is 4. The molecular weight excluding hydrogens is 317 g/mol. The molecule has 21 heavy (non-hydrogen) atoms. The van der Waals surface area contributed by atoms with Crippen molar-refractivity contribution in [3.63, 3.8) is 0 Å². The lowest BCUT2D eigenvalue weighted by Gasteiger charge is -2.26. The molecule has 8 heteroatoms. The predicted octanol–water partition coefficient (Wildman–Crippen LogP) is 2.92. The molecule has 118 valence electrons. The second-order valence-electron chi connectivity index (χ2n) is 4.67. The highest BCUT2D eigenvalue weighted by Crippen LogP contribution is 2.22. The van der Waals surface area contributed by atoms with Crippen LogP contribution in [-0.4, -0.2) is 22.9 Å². The summed E-state index contributed by atoms with van der Waals surface area (Å²) in [5.74, 6) is -0.387. The molecule has 0 aromatic heterocycles. The van der Waals surface area contributed by atoms with Gasteiger partial charge in [-0.1, -0.05) is 25.4 Å². The average Bonchev–Trinajstić information content (AvgIpc) is 2.44. The van der Waals surface area contributed by atoms with Crippen LogP contribution in [0.3, 0.4) is 0 Å². The number of non-ortho nitro benzene ring substituents is 1. The van der Waals surface area contributed by atoms with Crippen LogP contribution in [0.5, 0.6) is 0 Å². The normalized spacial score (nSPS) is 10.7. The molecule has 0 saturated heterocycles. The Morgan fingerprint density at radius 3 is 2.43 bits per heavy atom. The SMILES string of the molecule is CCC(N)(CC)CNC(=O)c1ccc([N+](=O)[O-])cc1Cl.Cl. The molecule has 0 radical (unpaired) electrons. The summed E-state index contributed by atoms with van der Waals surface area (Å²) in [5, 5.41) is 13.4. The third-order valence-electron chi connectivity index (χ3n) is 3.42. The van der Waals surface area contributed by atoms with Gasteiger partial charge in [0.1, 0.15) is 0 Å². The summed E-state index contributed by atoms with van der Waals surface area (Å²) in [4.78, 5) is 22.0. The van der Waals surface area contributed by atoms with Crippen molar-refractivity contribution in [3.05, 3.63) is 38.9 Å². The van der Waals surface area contributed by atoms with Crippen LogP contribution in [0.25, 0.3) is 0 Å². The van der Waals surface area contributed by atoms with E-state index in [2.05, 4.69) is 5.32 Å². The first-order valence-electron chi connectivity index (χ1n) is 6.34. The van der Waals surface area contributed by atoms with Crippen molar-refractivity contribution in [2.75, 3.05) is 6.54 Å². The zero-order chi connectivity index (χ0) is 15.3. The molecule has 0 aliphatic heterocycles. The van der Waals surface area contributed by atoms with Gasteiger partial charge in [0.05, 0.1) is 15.5 Å². The van der Waals surface area contributed by atoms with E-state index in [4.69, 9.17) is 17.3 Å². The van der Waals surface area contributed by atoms with E-state index in [-0.39, 0.29) is 34.6 Å². The van der Waals surface area contributed by atoms with Gasteiger partial charge in [-0.3, -0.25) is 14.9 Å². The standard InChI is InChI=1S/C13H18ClN3O3.ClH/c1-3-13(15,4-2)8-16-12(18)10-6-5-9(17(19)20)7-11(10)14;/h5-7H,3-4,8,15H2,1-2H3,(H,16,18);1H. The Bertz CT molecular complexity index is 519. The van der Waals surface area contributed by atoms with Gasteiger partial charge < -0.3 is 11.1 Å². The summed E-state index contributed by atoms with van der Waals surface area (Å²) in [7, 11) is 0. The molecule has 1 aromatic rings. The van der Waals surface area contributed by atoms with Gasteiger partial charge in [0, 0.05) is 24.2 Å². The Balaban J connectivity index is 0.00000400. The summed E-state index contributed by atoms with van der Waals surface area (Å²) in [5.41, 5.74) is 5.68. The smallest absolute Gasteiger partial charge is 0.270 e. The quantitative estimate of drug-likeness (QED) is 0.616. The van der Waals surface area contributed by atoms with Gasteiger partial charge in [-0.2, -0.15) is 0 Å². The maximum atomic E-state index is 12.0. The fourth-order valence-electron chi connectivity index (χ4n) is 1.65. The van der Waals surface area contributed by atoms with Gasteiger partial charge in [0.25, 0.3) is 11.6 Å². The number of rotatable bonds is 6. The molecule has 1 amide bonds. The number of nitro benzene ring substituents is 1. The van der Waals surface area contributed by atoms with Crippen LogP contribution >= 0.6 is 24.0 Å². The fraction of sp³-hybridized carbons (Fsp3) is 0.462. The zero-order valence-electron chi connectivity index (χ0n) is 11.9. The Kier molecular flexibility index (Phi) is 7.63. The van der Waals surface area contributed by atoms with Crippen molar-refractivity contribution < 1.29 is 9.72 Å². The molecule has 1 aromatic carbocycles. The third-order valence-corrected chi connectivity index (χ3v) is 3.73. The number of nitrogens with one attached hydrogen (secondary N) is 1. The van der Waals surface area contributed by atoms with Gasteiger partial charge in [0.15, 0.2) is 0 Å². The van der Waals surface area contributed by atoms with Crippen molar-refractivity contribution in [2.24, 2.45) is 5.73 Å². The molecule has 0 aliphatic carbocycles. The van der Waals surface area contributed by atoms with Gasteiger partial charge >= 0.3 is 0 Å². The number of amides is 1. The minimum absolute atomic E-state index is 0. The first-order valence-corrected chi connectivity index (χ1v) is 6.71. The molecule has 0 bridgehead atoms. The predicted molar refractivity (Wildman–Crippen MR) is 85.2 cm³/mol. The molecule has 0 aliphatic rings. The Labute approximate surface area is 134 Å². The molecule has 6 nitrogen and oxygen atoms in total. The van der Waals surface area contributed by atoms with Crippen LogP contribution in [0.4, 0.5) is 5.69 Å². The first kappa shape index (κ1) is 19.6. The van der Waals surface area contributed by atoms with E-state index >= 15 is 0 Å². The van der Waals surface area contributed by atoms with Crippen molar-refractivity contribution in [1.82, 2.24) is 5.32 Å². The average molecular weight is 336 g/mol. The lowest BCUT2D eigenvalue weighted by Crippen LogP contribution is -2.49. The van der Waals surface area contributed by atoms with Gasteiger partial charge in [0.2, 0.25) is 0 Å². The van der Waals surface area contributed by atoms with Gasteiger partial charge in [-0.25, -0.2) is 0 Å². The van der Waals surface area contributed by atoms with Crippen molar-refractivity contribution in [3.8, 4) is 0 Å². The monoisotopic (exact) mass is 335 g/mol. The highest BCUT2D eigenvalue weighted by Gasteiger charge is 2.22. The van der Waals surface area contributed by atoms with E-state index in [1.54, 1.807) is 0 Å². The second kappa shape index (κ2) is 8.17. The van der Waals surface area contributed by atoms with Crippen LogP contribution in [-0.2, 0) is 0 Å². The second-order valence-corrected chi connectivity index (χ2v) is 5.08. The molecule has 0 fully saturated rings. The Hall–Kier alpha value is -1.37. The summed E-state index contributed by atoms with van der Waals surface area (Å²) in [6.45, 7) is 4.23. The number of nitrogens with zero attached hydrogens (tertiary/aromatic N) is 1. The van der Waals surface area contributed by atoms with Crippen molar-refractivity contribution >= 4 is 35.6 Å². The van der Waals surface area contributed by atoms with Crippen LogP contribution in [0.2, 0.25) is 5.02 Å². The maximum Gasteiger partial charge on any atom is 0.270 e. The summed E-state index contributed by atoms with van der Waals surface area (Å²) < 4.78 is 0. The molecule has 0 spiro atoms. The topological polar surface area (TPSA) is 98.3 Å². The molecule has 0 atom stereocenters. The van der Waals surface area contributed by atoms with Crippen LogP contribution in [0.15, 0.2) is 18.2 Å². The minimum atomic E-state index is -0.563. The van der Waals surface area contributed by atoms with Crippen molar-refractivity contribution in [2.45, 2.75) is 32.2 Å². The van der Waals surface area contributed by atoms with E-state index in [0.29, 0.717) is 6.54 Å². The van der Waals surface area contributed by atoms with E-state index in [0.717, 1.165) is 18.9 Å². The third kappa shape index (κ3) is 5.15. The molecule has 0 saturated carbocycles. The minimum Gasteiger partial charge on any atom is -0.350 e.